The Morgan fingerprint density at radius 2 is 2.25 bits per heavy atom. The summed E-state index contributed by atoms with van der Waals surface area (Å²) in [5.41, 5.74) is 1.22. The zero-order valence-electron chi connectivity index (χ0n) is 6.35. The molecule has 1 N–H and O–H groups in total. The van der Waals surface area contributed by atoms with E-state index in [0.29, 0.717) is 16.7 Å². The van der Waals surface area contributed by atoms with Gasteiger partial charge in [-0.15, -0.1) is 0 Å². The number of hydrogen-bond donors (Lipinski definition) is 1. The van der Waals surface area contributed by atoms with E-state index in [0.717, 1.165) is 0 Å². The Morgan fingerprint density at radius 1 is 1.50 bits per heavy atom. The SMILES string of the molecule is Cc1c(F)ccc2oc(=O)[nH]c12. The molecule has 62 valence electrons. The van der Waals surface area contributed by atoms with Gasteiger partial charge in [0, 0.05) is 5.56 Å². The molecule has 3 nitrogen and oxygen atoms in total. The van der Waals surface area contributed by atoms with E-state index < -0.39 is 5.76 Å². The van der Waals surface area contributed by atoms with Gasteiger partial charge in [0.05, 0.1) is 5.52 Å². The molecule has 0 fully saturated rings. The van der Waals surface area contributed by atoms with Crippen LogP contribution in [0.15, 0.2) is 21.3 Å². The summed E-state index contributed by atoms with van der Waals surface area (Å²) in [6.45, 7) is 1.59. The van der Waals surface area contributed by atoms with Crippen LogP contribution in [0.5, 0.6) is 0 Å². The number of hydrogen-bond acceptors (Lipinski definition) is 2. The van der Waals surface area contributed by atoms with Crippen LogP contribution in [0.2, 0.25) is 0 Å². The Labute approximate surface area is 66.8 Å². The molecular weight excluding hydrogens is 161 g/mol. The molecule has 0 radical (unpaired) electrons. The molecular formula is C8H6FNO2. The highest BCUT2D eigenvalue weighted by Gasteiger charge is 2.06. The van der Waals surface area contributed by atoms with Crippen LogP contribution in [0.25, 0.3) is 11.1 Å². The molecule has 2 rings (SSSR count). The van der Waals surface area contributed by atoms with Crippen LogP contribution in [0.4, 0.5) is 4.39 Å². The maximum absolute atomic E-state index is 12.9. The Kier molecular flexibility index (Phi) is 1.30. The van der Waals surface area contributed by atoms with E-state index in [2.05, 4.69) is 4.98 Å². The van der Waals surface area contributed by atoms with Crippen LogP contribution in [-0.4, -0.2) is 4.98 Å². The van der Waals surface area contributed by atoms with Crippen molar-refractivity contribution >= 4 is 11.1 Å². The molecule has 0 bridgehead atoms. The molecule has 0 atom stereocenters. The minimum atomic E-state index is -0.557. The number of aryl methyl sites for hydroxylation is 1. The summed E-state index contributed by atoms with van der Waals surface area (Å²) in [6, 6.07) is 2.70. The first-order valence-corrected chi connectivity index (χ1v) is 3.46. The van der Waals surface area contributed by atoms with E-state index in [1.807, 2.05) is 0 Å². The van der Waals surface area contributed by atoms with Crippen LogP contribution >= 0.6 is 0 Å². The predicted octanol–water partition coefficient (Wildman–Crippen LogP) is 1.57. The molecule has 12 heavy (non-hydrogen) atoms. The maximum Gasteiger partial charge on any atom is 0.417 e. The molecule has 2 aromatic rings. The summed E-state index contributed by atoms with van der Waals surface area (Å²) in [7, 11) is 0. The molecule has 0 unspecified atom stereocenters. The van der Waals surface area contributed by atoms with Gasteiger partial charge >= 0.3 is 5.76 Å². The predicted molar refractivity (Wildman–Crippen MR) is 41.5 cm³/mol. The van der Waals surface area contributed by atoms with E-state index in [9.17, 15) is 9.18 Å². The van der Waals surface area contributed by atoms with E-state index >= 15 is 0 Å². The summed E-state index contributed by atoms with van der Waals surface area (Å²) in [6.07, 6.45) is 0. The number of H-pyrrole nitrogens is 1. The van der Waals surface area contributed by atoms with Gasteiger partial charge in [-0.05, 0) is 19.1 Å². The lowest BCUT2D eigenvalue weighted by Gasteiger charge is -1.93. The summed E-state index contributed by atoms with van der Waals surface area (Å²) < 4.78 is 17.6. The number of fused-ring (bicyclic) bond motifs is 1. The van der Waals surface area contributed by atoms with Gasteiger partial charge < -0.3 is 4.42 Å². The average Bonchev–Trinajstić information content (AvgIpc) is 2.39. The van der Waals surface area contributed by atoms with Crippen molar-refractivity contribution in [3.63, 3.8) is 0 Å². The van der Waals surface area contributed by atoms with Crippen LogP contribution < -0.4 is 5.76 Å². The van der Waals surface area contributed by atoms with Crippen molar-refractivity contribution in [1.82, 2.24) is 4.98 Å². The third kappa shape index (κ3) is 0.845. The van der Waals surface area contributed by atoms with Gasteiger partial charge in [0.2, 0.25) is 0 Å². The molecule has 0 aliphatic carbocycles. The van der Waals surface area contributed by atoms with Gasteiger partial charge in [-0.2, -0.15) is 0 Å². The maximum atomic E-state index is 12.9. The first kappa shape index (κ1) is 7.09. The Bertz CT molecular complexity index is 483. The molecule has 1 aromatic carbocycles. The molecule has 0 aliphatic rings. The van der Waals surface area contributed by atoms with Gasteiger partial charge in [0.25, 0.3) is 0 Å². The van der Waals surface area contributed by atoms with Gasteiger partial charge in [-0.1, -0.05) is 0 Å². The first-order chi connectivity index (χ1) is 5.68. The highest BCUT2D eigenvalue weighted by atomic mass is 19.1. The second kappa shape index (κ2) is 2.20. The number of aromatic amines is 1. The van der Waals surface area contributed by atoms with Crippen molar-refractivity contribution < 1.29 is 8.81 Å². The lowest BCUT2D eigenvalue weighted by Crippen LogP contribution is -1.94. The third-order valence-electron chi connectivity index (χ3n) is 1.79. The van der Waals surface area contributed by atoms with Crippen LogP contribution in [-0.2, 0) is 0 Å². The number of benzene rings is 1. The Morgan fingerprint density at radius 3 is 3.00 bits per heavy atom. The standard InChI is InChI=1S/C8H6FNO2/c1-4-5(9)2-3-6-7(4)10-8(11)12-6/h2-3H,1H3,(H,10,11). The zero-order valence-corrected chi connectivity index (χ0v) is 6.35. The molecule has 0 aliphatic heterocycles. The molecule has 0 amide bonds. The van der Waals surface area contributed by atoms with Crippen molar-refractivity contribution in [2.75, 3.05) is 0 Å². The summed E-state index contributed by atoms with van der Waals surface area (Å²) in [4.78, 5) is 13.1. The zero-order chi connectivity index (χ0) is 8.72. The fourth-order valence-electron chi connectivity index (χ4n) is 1.13. The Balaban J connectivity index is 2.99. The minimum Gasteiger partial charge on any atom is -0.408 e. The lowest BCUT2D eigenvalue weighted by molar-refractivity contribution is 0.554. The van der Waals surface area contributed by atoms with Crippen molar-refractivity contribution in [3.8, 4) is 0 Å². The second-order valence-corrected chi connectivity index (χ2v) is 2.56. The van der Waals surface area contributed by atoms with Crippen molar-refractivity contribution in [3.05, 3.63) is 34.1 Å². The average molecular weight is 167 g/mol. The summed E-state index contributed by atoms with van der Waals surface area (Å²) in [5.74, 6) is -0.904. The molecule has 1 heterocycles. The molecule has 1 aromatic heterocycles. The van der Waals surface area contributed by atoms with Crippen LogP contribution in [0, 0.1) is 12.7 Å². The first-order valence-electron chi connectivity index (χ1n) is 3.46. The van der Waals surface area contributed by atoms with Crippen LogP contribution in [0.1, 0.15) is 5.56 Å². The summed E-state index contributed by atoms with van der Waals surface area (Å²) >= 11 is 0. The van der Waals surface area contributed by atoms with Gasteiger partial charge in [0.15, 0.2) is 5.58 Å². The largest absolute Gasteiger partial charge is 0.417 e. The lowest BCUT2D eigenvalue weighted by atomic mass is 10.2. The molecule has 0 saturated carbocycles. The van der Waals surface area contributed by atoms with Crippen molar-refractivity contribution in [2.45, 2.75) is 6.92 Å². The monoisotopic (exact) mass is 167 g/mol. The van der Waals surface area contributed by atoms with Crippen molar-refractivity contribution in [1.29, 1.82) is 0 Å². The van der Waals surface area contributed by atoms with E-state index in [4.69, 9.17) is 4.42 Å². The van der Waals surface area contributed by atoms with E-state index in [-0.39, 0.29) is 5.82 Å². The number of halogens is 1. The Hall–Kier alpha value is -1.58. The highest BCUT2D eigenvalue weighted by Crippen LogP contribution is 2.16. The number of aromatic nitrogens is 1. The van der Waals surface area contributed by atoms with Crippen LogP contribution in [0.3, 0.4) is 0 Å². The third-order valence-corrected chi connectivity index (χ3v) is 1.79. The van der Waals surface area contributed by atoms with Gasteiger partial charge in [-0.25, -0.2) is 9.18 Å². The van der Waals surface area contributed by atoms with E-state index in [1.54, 1.807) is 6.92 Å². The smallest absolute Gasteiger partial charge is 0.408 e. The molecule has 4 heteroatoms. The highest BCUT2D eigenvalue weighted by molar-refractivity contribution is 5.75. The van der Waals surface area contributed by atoms with Crippen molar-refractivity contribution in [2.24, 2.45) is 0 Å². The van der Waals surface area contributed by atoms with E-state index in [1.165, 1.54) is 12.1 Å². The summed E-state index contributed by atoms with van der Waals surface area (Å²) in [5, 5.41) is 0. The fourth-order valence-corrected chi connectivity index (χ4v) is 1.13. The van der Waals surface area contributed by atoms with Gasteiger partial charge in [-0.3, -0.25) is 4.98 Å². The number of rotatable bonds is 0. The number of oxazole rings is 1. The molecule has 0 saturated heterocycles. The number of nitrogens with one attached hydrogen (secondary N) is 1. The van der Waals surface area contributed by atoms with Gasteiger partial charge in [0.1, 0.15) is 5.82 Å². The molecule has 0 spiro atoms. The fraction of sp³-hybridized carbons (Fsp3) is 0.125. The second-order valence-electron chi connectivity index (χ2n) is 2.56. The topological polar surface area (TPSA) is 46.0 Å². The minimum absolute atomic E-state index is 0.348. The quantitative estimate of drug-likeness (QED) is 0.647. The normalized spacial score (nSPS) is 10.8.